The lowest BCUT2D eigenvalue weighted by molar-refractivity contribution is -0.136. The Bertz CT molecular complexity index is 1130. The number of aliphatic hydroxyl groups excluding tert-OH is 1. The van der Waals surface area contributed by atoms with Crippen molar-refractivity contribution in [2.75, 3.05) is 13.2 Å². The third-order valence-electron chi connectivity index (χ3n) is 5.23. The van der Waals surface area contributed by atoms with Gasteiger partial charge in [-0.2, -0.15) is 5.26 Å². The molecule has 0 aliphatic rings. The third-order valence-corrected chi connectivity index (χ3v) is 5.23. The quantitative estimate of drug-likeness (QED) is 0.452. The molecular formula is C26H28N2O4. The number of nitriles is 1. The summed E-state index contributed by atoms with van der Waals surface area (Å²) in [4.78, 5) is 10.8. The molecule has 0 saturated carbocycles. The molecule has 0 fully saturated rings. The third kappa shape index (κ3) is 6.55. The Kier molecular flexibility index (Phi) is 7.47. The smallest absolute Gasteiger partial charge is 0.307 e. The highest BCUT2D eigenvalue weighted by Gasteiger charge is 2.20. The van der Waals surface area contributed by atoms with Gasteiger partial charge in [0.2, 0.25) is 0 Å². The topological polar surface area (TPSA) is 103 Å². The van der Waals surface area contributed by atoms with Crippen LogP contribution in [0.4, 0.5) is 0 Å². The zero-order valence-electron chi connectivity index (χ0n) is 18.3. The van der Waals surface area contributed by atoms with Crippen LogP contribution in [0.15, 0.2) is 60.7 Å². The molecule has 3 rings (SSSR count). The normalized spacial score (nSPS) is 12.3. The van der Waals surface area contributed by atoms with Crippen LogP contribution in [0, 0.1) is 11.3 Å². The Labute approximate surface area is 188 Å². The van der Waals surface area contributed by atoms with Gasteiger partial charge in [-0.25, -0.2) is 0 Å². The number of carboxylic acid groups (broad SMARTS) is 1. The molecule has 0 bridgehead atoms. The molecule has 3 aromatic carbocycles. The molecule has 32 heavy (non-hydrogen) atoms. The van der Waals surface area contributed by atoms with Gasteiger partial charge < -0.3 is 20.3 Å². The number of hydrogen-bond donors (Lipinski definition) is 3. The van der Waals surface area contributed by atoms with Crippen LogP contribution in [0.5, 0.6) is 5.75 Å². The number of aliphatic carboxylic acids is 1. The Hall–Kier alpha value is -3.40. The molecule has 0 aliphatic carbocycles. The van der Waals surface area contributed by atoms with Gasteiger partial charge in [-0.3, -0.25) is 4.79 Å². The number of benzene rings is 3. The van der Waals surface area contributed by atoms with E-state index < -0.39 is 12.1 Å². The molecule has 1 atom stereocenters. The molecular weight excluding hydrogens is 404 g/mol. The van der Waals surface area contributed by atoms with Crippen LogP contribution in [0.3, 0.4) is 0 Å². The van der Waals surface area contributed by atoms with Crippen LogP contribution >= 0.6 is 0 Å². The predicted molar refractivity (Wildman–Crippen MR) is 124 cm³/mol. The average Bonchev–Trinajstić information content (AvgIpc) is 2.76. The summed E-state index contributed by atoms with van der Waals surface area (Å²) < 4.78 is 5.62. The van der Waals surface area contributed by atoms with Crippen molar-refractivity contribution in [1.82, 2.24) is 5.32 Å². The van der Waals surface area contributed by atoms with Crippen molar-refractivity contribution in [2.24, 2.45) is 0 Å². The van der Waals surface area contributed by atoms with Crippen molar-refractivity contribution in [1.29, 1.82) is 5.26 Å². The van der Waals surface area contributed by atoms with Crippen molar-refractivity contribution in [3.05, 3.63) is 77.4 Å². The highest BCUT2D eigenvalue weighted by molar-refractivity contribution is 5.83. The summed E-state index contributed by atoms with van der Waals surface area (Å²) in [6, 6.07) is 21.4. The van der Waals surface area contributed by atoms with E-state index in [0.717, 1.165) is 6.42 Å². The van der Waals surface area contributed by atoms with Crippen LogP contribution in [-0.4, -0.2) is 41.0 Å². The van der Waals surface area contributed by atoms with E-state index in [-0.39, 0.29) is 24.1 Å². The maximum Gasteiger partial charge on any atom is 0.307 e. The predicted octanol–water partition coefficient (Wildman–Crippen LogP) is 3.69. The van der Waals surface area contributed by atoms with Gasteiger partial charge in [0.05, 0.1) is 12.0 Å². The maximum atomic E-state index is 10.8. The molecule has 0 amide bonds. The van der Waals surface area contributed by atoms with Crippen LogP contribution < -0.4 is 10.1 Å². The first-order chi connectivity index (χ1) is 15.3. The van der Waals surface area contributed by atoms with Crippen molar-refractivity contribution < 1.29 is 19.7 Å². The number of nitrogens with zero attached hydrogens (tertiary/aromatic N) is 1. The summed E-state index contributed by atoms with van der Waals surface area (Å²) >= 11 is 0. The molecule has 166 valence electrons. The Balaban J connectivity index is 1.52. The fourth-order valence-corrected chi connectivity index (χ4v) is 3.64. The van der Waals surface area contributed by atoms with E-state index in [4.69, 9.17) is 9.84 Å². The van der Waals surface area contributed by atoms with E-state index in [1.165, 1.54) is 22.4 Å². The summed E-state index contributed by atoms with van der Waals surface area (Å²) in [7, 11) is 0. The SMILES string of the molecule is CC(C)(Cc1ccc2ccccc2c1)NC[C@@H](O)COc1ccc(CC(=O)O)cc1C#N. The van der Waals surface area contributed by atoms with Gasteiger partial charge in [0, 0.05) is 12.1 Å². The van der Waals surface area contributed by atoms with Gasteiger partial charge in [-0.05, 0) is 54.3 Å². The lowest BCUT2D eigenvalue weighted by Crippen LogP contribution is -2.46. The molecule has 0 unspecified atom stereocenters. The molecule has 3 N–H and O–H groups in total. The number of β-amino-alcohol motifs (C(OH)–C–C–N with tert-alkyl or cyclic N) is 1. The Morgan fingerprint density at radius 3 is 2.53 bits per heavy atom. The van der Waals surface area contributed by atoms with Gasteiger partial charge in [0.1, 0.15) is 24.5 Å². The van der Waals surface area contributed by atoms with E-state index in [1.807, 2.05) is 18.2 Å². The number of fused-ring (bicyclic) bond motifs is 1. The largest absolute Gasteiger partial charge is 0.489 e. The van der Waals surface area contributed by atoms with Crippen molar-refractivity contribution in [2.45, 2.75) is 38.3 Å². The highest BCUT2D eigenvalue weighted by atomic mass is 16.5. The minimum atomic E-state index is -0.963. The molecule has 0 saturated heterocycles. The summed E-state index contributed by atoms with van der Waals surface area (Å²) in [5, 5.41) is 34.4. The lowest BCUT2D eigenvalue weighted by Gasteiger charge is -2.28. The fourth-order valence-electron chi connectivity index (χ4n) is 3.64. The van der Waals surface area contributed by atoms with Crippen LogP contribution in [0.25, 0.3) is 10.8 Å². The van der Waals surface area contributed by atoms with Crippen LogP contribution in [-0.2, 0) is 17.6 Å². The Morgan fingerprint density at radius 2 is 1.81 bits per heavy atom. The van der Waals surface area contributed by atoms with Crippen molar-refractivity contribution in [3.63, 3.8) is 0 Å². The van der Waals surface area contributed by atoms with Crippen molar-refractivity contribution >= 4 is 16.7 Å². The molecule has 6 nitrogen and oxygen atoms in total. The Morgan fingerprint density at radius 1 is 1.09 bits per heavy atom. The number of carboxylic acids is 1. The van der Waals surface area contributed by atoms with E-state index >= 15 is 0 Å². The van der Waals surface area contributed by atoms with Crippen molar-refractivity contribution in [3.8, 4) is 11.8 Å². The molecule has 6 heteroatoms. The van der Waals surface area contributed by atoms with Gasteiger partial charge in [-0.1, -0.05) is 48.5 Å². The van der Waals surface area contributed by atoms with Crippen LogP contribution in [0.2, 0.25) is 0 Å². The van der Waals surface area contributed by atoms with E-state index in [9.17, 15) is 15.2 Å². The standard InChI is InChI=1S/C26H28N2O4/c1-26(2,14-19-7-9-20-5-3-4-6-21(20)12-19)28-16-23(29)17-32-24-10-8-18(13-25(30)31)11-22(24)15-27/h3-12,23,28-29H,13-14,16-17H2,1-2H3,(H,30,31)/t23-/m1/s1. The van der Waals surface area contributed by atoms with E-state index in [2.05, 4.69) is 49.5 Å². The highest BCUT2D eigenvalue weighted by Crippen LogP contribution is 2.21. The molecule has 0 spiro atoms. The van der Waals surface area contributed by atoms with E-state index in [0.29, 0.717) is 17.9 Å². The van der Waals surface area contributed by atoms with Crippen LogP contribution in [0.1, 0.15) is 30.5 Å². The second-order valence-electron chi connectivity index (χ2n) is 8.60. The summed E-state index contributed by atoms with van der Waals surface area (Å²) in [5.74, 6) is -0.633. The minimum absolute atomic E-state index is 0.0199. The molecule has 0 aromatic heterocycles. The van der Waals surface area contributed by atoms with Gasteiger partial charge in [-0.15, -0.1) is 0 Å². The summed E-state index contributed by atoms with van der Waals surface area (Å²) in [6.07, 6.45) is -0.126. The number of hydrogen-bond acceptors (Lipinski definition) is 5. The van der Waals surface area contributed by atoms with Gasteiger partial charge in [0.15, 0.2) is 0 Å². The number of rotatable bonds is 10. The zero-order chi connectivity index (χ0) is 23.1. The van der Waals surface area contributed by atoms with Gasteiger partial charge in [0.25, 0.3) is 0 Å². The molecule has 0 radical (unpaired) electrons. The van der Waals surface area contributed by atoms with Gasteiger partial charge >= 0.3 is 5.97 Å². The monoisotopic (exact) mass is 432 g/mol. The second-order valence-corrected chi connectivity index (χ2v) is 8.60. The second kappa shape index (κ2) is 10.3. The minimum Gasteiger partial charge on any atom is -0.489 e. The fraction of sp³-hybridized carbons (Fsp3) is 0.308. The average molecular weight is 433 g/mol. The zero-order valence-corrected chi connectivity index (χ0v) is 18.3. The maximum absolute atomic E-state index is 10.8. The number of nitrogens with one attached hydrogen (secondary N) is 1. The number of aliphatic hydroxyl groups is 1. The molecule has 0 heterocycles. The first-order valence-electron chi connectivity index (χ1n) is 10.5. The lowest BCUT2D eigenvalue weighted by atomic mass is 9.93. The van der Waals surface area contributed by atoms with E-state index in [1.54, 1.807) is 12.1 Å². The number of carbonyl (C=O) groups is 1. The summed E-state index contributed by atoms with van der Waals surface area (Å²) in [6.45, 7) is 4.53. The number of ether oxygens (including phenoxy) is 1. The first kappa shape index (κ1) is 23.3. The first-order valence-corrected chi connectivity index (χ1v) is 10.5. The molecule has 0 aliphatic heterocycles. The summed E-state index contributed by atoms with van der Waals surface area (Å²) in [5.41, 5.74) is 1.76. The molecule has 3 aromatic rings.